The van der Waals surface area contributed by atoms with Crippen LogP contribution >= 0.6 is 0 Å². The van der Waals surface area contributed by atoms with E-state index in [1.165, 1.54) is 51.4 Å². The highest BCUT2D eigenvalue weighted by atomic mass is 14.7. The van der Waals surface area contributed by atoms with E-state index in [9.17, 15) is 0 Å². The number of hydrogen-bond acceptors (Lipinski definition) is 4. The minimum Gasteiger partial charge on any atom is -0.330 e. The van der Waals surface area contributed by atoms with Gasteiger partial charge in [0.25, 0.3) is 0 Å². The van der Waals surface area contributed by atoms with Crippen molar-refractivity contribution in [1.82, 2.24) is 0 Å². The van der Waals surface area contributed by atoms with Crippen LogP contribution in [0.1, 0.15) is 57.8 Å². The first-order valence-corrected chi connectivity index (χ1v) is 7.62. The molecule has 4 heteroatoms. The second-order valence-electron chi connectivity index (χ2n) is 5.30. The highest BCUT2D eigenvalue weighted by Crippen LogP contribution is 2.14. The molecule has 0 aromatic carbocycles. The third-order valence-corrected chi connectivity index (χ3v) is 3.71. The Hall–Kier alpha value is -0.160. The van der Waals surface area contributed by atoms with Crippen LogP contribution in [0.2, 0.25) is 0 Å². The second kappa shape index (κ2) is 13.3. The zero-order valence-electron chi connectivity index (χ0n) is 11.9. The molecule has 0 saturated carbocycles. The predicted octanol–water partition coefficient (Wildman–Crippen LogP) is 1.32. The van der Waals surface area contributed by atoms with Crippen LogP contribution in [-0.2, 0) is 0 Å². The van der Waals surface area contributed by atoms with Gasteiger partial charge in [0, 0.05) is 12.6 Å². The molecule has 0 radical (unpaired) electrons. The van der Waals surface area contributed by atoms with Crippen molar-refractivity contribution < 1.29 is 0 Å². The zero-order valence-corrected chi connectivity index (χ0v) is 11.9. The third kappa shape index (κ3) is 9.83. The molecule has 110 valence electrons. The van der Waals surface area contributed by atoms with E-state index in [1.807, 2.05) is 0 Å². The van der Waals surface area contributed by atoms with E-state index >= 15 is 0 Å². The molecule has 4 nitrogen and oxygen atoms in total. The topological polar surface area (TPSA) is 104 Å². The van der Waals surface area contributed by atoms with Crippen LogP contribution in [0.15, 0.2) is 0 Å². The fourth-order valence-electron chi connectivity index (χ4n) is 2.31. The number of hydrogen-bond donors (Lipinski definition) is 4. The SMILES string of the molecule is NCCCCCCCCCCC(CN)C(N)CN. The molecule has 0 heterocycles. The summed E-state index contributed by atoms with van der Waals surface area (Å²) in [6.45, 7) is 2.04. The summed E-state index contributed by atoms with van der Waals surface area (Å²) >= 11 is 0. The van der Waals surface area contributed by atoms with E-state index in [-0.39, 0.29) is 6.04 Å². The molecule has 0 amide bonds. The fraction of sp³-hybridized carbons (Fsp3) is 1.00. The van der Waals surface area contributed by atoms with Gasteiger partial charge in [0.2, 0.25) is 0 Å². The Morgan fingerprint density at radius 3 is 1.56 bits per heavy atom. The van der Waals surface area contributed by atoms with Crippen molar-refractivity contribution in [1.29, 1.82) is 0 Å². The number of nitrogens with two attached hydrogens (primary N) is 4. The smallest absolute Gasteiger partial charge is 0.0203 e. The van der Waals surface area contributed by atoms with Crippen LogP contribution in [0.25, 0.3) is 0 Å². The molecule has 0 aromatic rings. The first-order valence-electron chi connectivity index (χ1n) is 7.62. The van der Waals surface area contributed by atoms with Gasteiger partial charge in [-0.15, -0.1) is 0 Å². The lowest BCUT2D eigenvalue weighted by Crippen LogP contribution is -2.40. The Labute approximate surface area is 113 Å². The summed E-state index contributed by atoms with van der Waals surface area (Å²) in [6.07, 6.45) is 11.5. The molecular formula is C14H34N4. The fourth-order valence-corrected chi connectivity index (χ4v) is 2.31. The molecule has 0 fully saturated rings. The monoisotopic (exact) mass is 258 g/mol. The molecule has 0 aliphatic carbocycles. The molecule has 0 aromatic heterocycles. The van der Waals surface area contributed by atoms with Gasteiger partial charge in [-0.25, -0.2) is 0 Å². The van der Waals surface area contributed by atoms with Crippen molar-refractivity contribution in [3.05, 3.63) is 0 Å². The van der Waals surface area contributed by atoms with Crippen molar-refractivity contribution in [3.8, 4) is 0 Å². The normalized spacial score (nSPS) is 14.7. The highest BCUT2D eigenvalue weighted by Gasteiger charge is 2.13. The molecule has 0 bridgehead atoms. The maximum Gasteiger partial charge on any atom is 0.0203 e. The van der Waals surface area contributed by atoms with Gasteiger partial charge in [-0.2, -0.15) is 0 Å². The number of rotatable bonds is 13. The van der Waals surface area contributed by atoms with E-state index in [2.05, 4.69) is 0 Å². The van der Waals surface area contributed by atoms with Crippen molar-refractivity contribution in [2.24, 2.45) is 28.9 Å². The molecule has 8 N–H and O–H groups in total. The maximum atomic E-state index is 5.92. The molecule has 18 heavy (non-hydrogen) atoms. The quantitative estimate of drug-likeness (QED) is 0.374. The molecule has 0 rings (SSSR count). The van der Waals surface area contributed by atoms with Crippen LogP contribution in [0.4, 0.5) is 0 Å². The van der Waals surface area contributed by atoms with Gasteiger partial charge >= 0.3 is 0 Å². The average molecular weight is 258 g/mol. The minimum atomic E-state index is 0.0752. The lowest BCUT2D eigenvalue weighted by Gasteiger charge is -2.20. The van der Waals surface area contributed by atoms with Crippen molar-refractivity contribution >= 4 is 0 Å². The molecule has 0 saturated heterocycles. The van der Waals surface area contributed by atoms with Crippen LogP contribution in [-0.4, -0.2) is 25.7 Å². The highest BCUT2D eigenvalue weighted by molar-refractivity contribution is 4.74. The molecule has 0 spiro atoms. The summed E-state index contributed by atoms with van der Waals surface area (Å²) < 4.78 is 0. The van der Waals surface area contributed by atoms with Gasteiger partial charge in [0.05, 0.1) is 0 Å². The predicted molar refractivity (Wildman–Crippen MR) is 80.2 cm³/mol. The standard InChI is InChI=1S/C14H34N4/c15-10-8-6-4-2-1-3-5-7-9-13(11-16)14(18)12-17/h13-14H,1-12,15-18H2. The zero-order chi connectivity index (χ0) is 13.6. The lowest BCUT2D eigenvalue weighted by atomic mass is 9.93. The van der Waals surface area contributed by atoms with Gasteiger partial charge in [-0.3, -0.25) is 0 Å². The first-order chi connectivity index (χ1) is 8.76. The van der Waals surface area contributed by atoms with Crippen molar-refractivity contribution in [2.75, 3.05) is 19.6 Å². The van der Waals surface area contributed by atoms with E-state index < -0.39 is 0 Å². The molecular weight excluding hydrogens is 224 g/mol. The van der Waals surface area contributed by atoms with Crippen molar-refractivity contribution in [2.45, 2.75) is 63.8 Å². The van der Waals surface area contributed by atoms with Gasteiger partial charge in [0.1, 0.15) is 0 Å². The Balaban J connectivity index is 3.28. The van der Waals surface area contributed by atoms with Gasteiger partial charge in [-0.05, 0) is 31.8 Å². The van der Waals surface area contributed by atoms with Crippen LogP contribution in [0.3, 0.4) is 0 Å². The summed E-state index contributed by atoms with van der Waals surface area (Å²) in [5, 5.41) is 0. The summed E-state index contributed by atoms with van der Waals surface area (Å²) in [4.78, 5) is 0. The van der Waals surface area contributed by atoms with E-state index in [0.29, 0.717) is 19.0 Å². The van der Waals surface area contributed by atoms with E-state index in [0.717, 1.165) is 13.0 Å². The average Bonchev–Trinajstić information content (AvgIpc) is 2.40. The largest absolute Gasteiger partial charge is 0.330 e. The molecule has 2 atom stereocenters. The van der Waals surface area contributed by atoms with Gasteiger partial charge in [-0.1, -0.05) is 44.9 Å². The molecule has 0 aliphatic rings. The van der Waals surface area contributed by atoms with Crippen molar-refractivity contribution in [3.63, 3.8) is 0 Å². The molecule has 0 aliphatic heterocycles. The van der Waals surface area contributed by atoms with Crippen LogP contribution in [0, 0.1) is 5.92 Å². The Bertz CT molecular complexity index is 164. The summed E-state index contributed by atoms with van der Waals surface area (Å²) in [5.41, 5.74) is 22.7. The van der Waals surface area contributed by atoms with E-state index in [4.69, 9.17) is 22.9 Å². The van der Waals surface area contributed by atoms with Crippen LogP contribution in [0.5, 0.6) is 0 Å². The Morgan fingerprint density at radius 2 is 1.11 bits per heavy atom. The maximum absolute atomic E-state index is 5.92. The second-order valence-corrected chi connectivity index (χ2v) is 5.30. The summed E-state index contributed by atoms with van der Waals surface area (Å²) in [7, 11) is 0. The Kier molecular flexibility index (Phi) is 13.2. The minimum absolute atomic E-state index is 0.0752. The summed E-state index contributed by atoms with van der Waals surface area (Å²) in [5.74, 6) is 0.402. The van der Waals surface area contributed by atoms with Gasteiger partial charge in [0.15, 0.2) is 0 Å². The third-order valence-electron chi connectivity index (χ3n) is 3.71. The van der Waals surface area contributed by atoms with Crippen LogP contribution < -0.4 is 22.9 Å². The summed E-state index contributed by atoms with van der Waals surface area (Å²) in [6, 6.07) is 0.0752. The number of unbranched alkanes of at least 4 members (excludes halogenated alkanes) is 7. The molecule has 2 unspecified atom stereocenters. The van der Waals surface area contributed by atoms with E-state index in [1.54, 1.807) is 0 Å². The Morgan fingerprint density at radius 1 is 0.611 bits per heavy atom. The van der Waals surface area contributed by atoms with Gasteiger partial charge < -0.3 is 22.9 Å². The lowest BCUT2D eigenvalue weighted by molar-refractivity contribution is 0.387. The first kappa shape index (κ1) is 17.8.